The van der Waals surface area contributed by atoms with Crippen molar-refractivity contribution in [1.29, 1.82) is 0 Å². The molecule has 1 aromatic heterocycles. The number of amides is 1. The van der Waals surface area contributed by atoms with Crippen LogP contribution in [0.4, 0.5) is 0 Å². The molecule has 2 heterocycles. The quantitative estimate of drug-likeness (QED) is 0.544. The third-order valence-electron chi connectivity index (χ3n) is 5.36. The number of carbonyl (C=O) groups is 1. The Morgan fingerprint density at radius 1 is 1.10 bits per heavy atom. The van der Waals surface area contributed by atoms with Gasteiger partial charge in [0.15, 0.2) is 9.84 Å². The zero-order valence-electron chi connectivity index (χ0n) is 17.0. The highest BCUT2D eigenvalue weighted by molar-refractivity contribution is 7.91. The van der Waals surface area contributed by atoms with Gasteiger partial charge in [-0.05, 0) is 67.1 Å². The molecule has 1 atom stereocenters. The molecule has 162 valence electrons. The van der Waals surface area contributed by atoms with Gasteiger partial charge in [-0.3, -0.25) is 4.79 Å². The number of benzene rings is 2. The van der Waals surface area contributed by atoms with Gasteiger partial charge in [0.05, 0.1) is 25.2 Å². The zero-order valence-corrected chi connectivity index (χ0v) is 18.5. The second-order valence-electron chi connectivity index (χ2n) is 7.49. The molecule has 0 unspecified atom stereocenters. The van der Waals surface area contributed by atoms with Crippen LogP contribution in [-0.4, -0.2) is 43.9 Å². The number of methoxy groups -OCH3 is 1. The van der Waals surface area contributed by atoms with Crippen molar-refractivity contribution in [2.75, 3.05) is 18.6 Å². The lowest BCUT2D eigenvalue weighted by Crippen LogP contribution is -2.40. The maximum Gasteiger partial charge on any atom is 0.254 e. The lowest BCUT2D eigenvalue weighted by Gasteiger charge is -2.27. The number of furan rings is 1. The van der Waals surface area contributed by atoms with Crippen LogP contribution in [0.25, 0.3) is 11.3 Å². The van der Waals surface area contributed by atoms with Crippen LogP contribution < -0.4 is 4.74 Å². The van der Waals surface area contributed by atoms with E-state index in [4.69, 9.17) is 20.8 Å². The molecular formula is C23H22ClNO5S. The summed E-state index contributed by atoms with van der Waals surface area (Å²) >= 11 is 5.95. The van der Waals surface area contributed by atoms with Gasteiger partial charge >= 0.3 is 0 Å². The topological polar surface area (TPSA) is 76.8 Å². The number of hydrogen-bond donors (Lipinski definition) is 0. The van der Waals surface area contributed by atoms with Crippen molar-refractivity contribution in [1.82, 2.24) is 4.90 Å². The summed E-state index contributed by atoms with van der Waals surface area (Å²) in [6.45, 7) is 0.179. The minimum atomic E-state index is -3.16. The molecule has 0 N–H and O–H groups in total. The SMILES string of the molecule is COc1ccc(C(=O)N(Cc2ccc(-c3ccc(Cl)cc3)o2)[C@H]2CCS(=O)(=O)C2)cc1. The largest absolute Gasteiger partial charge is 0.497 e. The second-order valence-corrected chi connectivity index (χ2v) is 10.2. The van der Waals surface area contributed by atoms with Crippen molar-refractivity contribution in [2.24, 2.45) is 0 Å². The van der Waals surface area contributed by atoms with E-state index in [0.717, 1.165) is 5.56 Å². The van der Waals surface area contributed by atoms with E-state index in [2.05, 4.69) is 0 Å². The molecule has 0 aliphatic carbocycles. The lowest BCUT2D eigenvalue weighted by molar-refractivity contribution is 0.0666. The Bertz CT molecular complexity index is 1170. The molecule has 4 rings (SSSR count). The fourth-order valence-corrected chi connectivity index (χ4v) is 5.54. The van der Waals surface area contributed by atoms with E-state index < -0.39 is 15.9 Å². The van der Waals surface area contributed by atoms with Gasteiger partial charge in [-0.25, -0.2) is 8.42 Å². The first-order valence-corrected chi connectivity index (χ1v) is 12.0. The third-order valence-corrected chi connectivity index (χ3v) is 7.37. The molecule has 1 saturated heterocycles. The third kappa shape index (κ3) is 4.94. The Morgan fingerprint density at radius 2 is 1.81 bits per heavy atom. The van der Waals surface area contributed by atoms with Crippen LogP contribution in [0.2, 0.25) is 5.02 Å². The molecular weight excluding hydrogens is 438 g/mol. The maximum absolute atomic E-state index is 13.3. The minimum absolute atomic E-state index is 0.0420. The standard InChI is InChI=1S/C23H22ClNO5S/c1-29-20-8-4-17(5-9-20)23(26)25(19-12-13-31(27,28)15-19)14-21-10-11-22(30-21)16-2-6-18(24)7-3-16/h2-11,19H,12-15H2,1H3/t19-/m0/s1. The number of hydrogen-bond acceptors (Lipinski definition) is 5. The molecule has 3 aromatic rings. The summed E-state index contributed by atoms with van der Waals surface area (Å²) in [4.78, 5) is 14.9. The van der Waals surface area contributed by atoms with Crippen LogP contribution in [0.5, 0.6) is 5.75 Å². The first-order chi connectivity index (χ1) is 14.8. The summed E-state index contributed by atoms with van der Waals surface area (Å²) in [7, 11) is -1.60. The van der Waals surface area contributed by atoms with Crippen LogP contribution in [-0.2, 0) is 16.4 Å². The van der Waals surface area contributed by atoms with Crippen molar-refractivity contribution >= 4 is 27.3 Å². The fraction of sp³-hybridized carbons (Fsp3) is 0.261. The molecule has 2 aromatic carbocycles. The molecule has 1 fully saturated rings. The maximum atomic E-state index is 13.3. The van der Waals surface area contributed by atoms with Crippen LogP contribution in [0.1, 0.15) is 22.5 Å². The molecule has 0 saturated carbocycles. The van der Waals surface area contributed by atoms with Gasteiger partial charge in [-0.2, -0.15) is 0 Å². The molecule has 1 aliphatic rings. The second kappa shape index (κ2) is 8.77. The van der Waals surface area contributed by atoms with Gasteiger partial charge in [-0.15, -0.1) is 0 Å². The Morgan fingerprint density at radius 3 is 2.42 bits per heavy atom. The zero-order chi connectivity index (χ0) is 22.0. The molecule has 31 heavy (non-hydrogen) atoms. The smallest absolute Gasteiger partial charge is 0.254 e. The van der Waals surface area contributed by atoms with Crippen molar-refractivity contribution < 1.29 is 22.4 Å². The number of carbonyl (C=O) groups excluding carboxylic acids is 1. The van der Waals surface area contributed by atoms with Crippen LogP contribution in [0, 0.1) is 0 Å². The summed E-state index contributed by atoms with van der Waals surface area (Å²) < 4.78 is 35.3. The van der Waals surface area contributed by atoms with Crippen molar-refractivity contribution in [3.8, 4) is 17.1 Å². The summed E-state index contributed by atoms with van der Waals surface area (Å²) in [5.41, 5.74) is 1.33. The normalized spacial score (nSPS) is 17.4. The van der Waals surface area contributed by atoms with E-state index in [-0.39, 0.29) is 24.0 Å². The van der Waals surface area contributed by atoms with E-state index in [1.54, 1.807) is 48.4 Å². The molecule has 0 radical (unpaired) electrons. The molecule has 0 spiro atoms. The Kier molecular flexibility index (Phi) is 6.07. The van der Waals surface area contributed by atoms with E-state index in [0.29, 0.717) is 34.3 Å². The number of sulfone groups is 1. The monoisotopic (exact) mass is 459 g/mol. The van der Waals surface area contributed by atoms with Gasteiger partial charge in [-0.1, -0.05) is 11.6 Å². The molecule has 1 aliphatic heterocycles. The molecule has 6 nitrogen and oxygen atoms in total. The number of ether oxygens (including phenoxy) is 1. The summed E-state index contributed by atoms with van der Waals surface area (Å²) in [6, 6.07) is 17.3. The highest BCUT2D eigenvalue weighted by Gasteiger charge is 2.35. The highest BCUT2D eigenvalue weighted by Crippen LogP contribution is 2.27. The van der Waals surface area contributed by atoms with Crippen molar-refractivity contribution in [3.05, 3.63) is 77.0 Å². The fourth-order valence-electron chi connectivity index (χ4n) is 3.69. The highest BCUT2D eigenvalue weighted by atomic mass is 35.5. The predicted octanol–water partition coefficient (Wildman–Crippen LogP) is 4.44. The van der Waals surface area contributed by atoms with Crippen LogP contribution in [0.3, 0.4) is 0 Å². The van der Waals surface area contributed by atoms with Gasteiger partial charge in [0.2, 0.25) is 0 Å². The summed E-state index contributed by atoms with van der Waals surface area (Å²) in [6.07, 6.45) is 0.412. The number of halogens is 1. The van der Waals surface area contributed by atoms with Gasteiger partial charge in [0.1, 0.15) is 17.3 Å². The van der Waals surface area contributed by atoms with Gasteiger partial charge in [0.25, 0.3) is 5.91 Å². The Labute approximate surface area is 186 Å². The van der Waals surface area contributed by atoms with Crippen molar-refractivity contribution in [3.63, 3.8) is 0 Å². The number of rotatable bonds is 6. The molecule has 0 bridgehead atoms. The Hall–Kier alpha value is -2.77. The Balaban J connectivity index is 1.60. The average Bonchev–Trinajstić information content (AvgIpc) is 3.38. The first kappa shape index (κ1) is 21.5. The van der Waals surface area contributed by atoms with Gasteiger partial charge < -0.3 is 14.1 Å². The van der Waals surface area contributed by atoms with Gasteiger partial charge in [0, 0.05) is 22.2 Å². The summed E-state index contributed by atoms with van der Waals surface area (Å²) in [5, 5.41) is 0.634. The van der Waals surface area contributed by atoms with E-state index in [1.165, 1.54) is 0 Å². The van der Waals surface area contributed by atoms with E-state index in [1.807, 2.05) is 24.3 Å². The molecule has 1 amide bonds. The van der Waals surface area contributed by atoms with Crippen LogP contribution in [0.15, 0.2) is 65.1 Å². The van der Waals surface area contributed by atoms with Crippen LogP contribution >= 0.6 is 11.6 Å². The summed E-state index contributed by atoms with van der Waals surface area (Å²) in [5.74, 6) is 1.68. The van der Waals surface area contributed by atoms with E-state index >= 15 is 0 Å². The average molecular weight is 460 g/mol. The lowest BCUT2D eigenvalue weighted by atomic mass is 10.1. The van der Waals surface area contributed by atoms with Crippen molar-refractivity contribution in [2.45, 2.75) is 19.0 Å². The predicted molar refractivity (Wildman–Crippen MR) is 119 cm³/mol. The van der Waals surface area contributed by atoms with E-state index in [9.17, 15) is 13.2 Å². The first-order valence-electron chi connectivity index (χ1n) is 9.85. The minimum Gasteiger partial charge on any atom is -0.497 e. The molecule has 8 heteroatoms. The number of nitrogens with zero attached hydrogens (tertiary/aromatic N) is 1.